The van der Waals surface area contributed by atoms with E-state index in [4.69, 9.17) is 4.74 Å². The molecule has 0 saturated heterocycles. The van der Waals surface area contributed by atoms with E-state index in [1.165, 1.54) is 6.07 Å². The van der Waals surface area contributed by atoms with E-state index in [-0.39, 0.29) is 24.0 Å². The van der Waals surface area contributed by atoms with Gasteiger partial charge in [0.15, 0.2) is 0 Å². The van der Waals surface area contributed by atoms with Gasteiger partial charge in [0.25, 0.3) is 0 Å². The minimum atomic E-state index is -3.70. The van der Waals surface area contributed by atoms with Crippen molar-refractivity contribution >= 4 is 38.5 Å². The van der Waals surface area contributed by atoms with Crippen LogP contribution in [0.25, 0.3) is 10.8 Å². The average molecular weight is 498 g/mol. The molecule has 0 aliphatic heterocycles. The molecule has 0 aliphatic carbocycles. The monoisotopic (exact) mass is 497 g/mol. The fraction of sp³-hybridized carbons (Fsp3) is 0.308. The van der Waals surface area contributed by atoms with Crippen LogP contribution in [0.5, 0.6) is 0 Å². The second-order valence-corrected chi connectivity index (χ2v) is 9.95. The summed E-state index contributed by atoms with van der Waals surface area (Å²) in [5.74, 6) is -0.581. The zero-order valence-electron chi connectivity index (χ0n) is 20.1. The number of carbonyl (C=O) groups is 2. The Hall–Kier alpha value is -3.43. The highest BCUT2D eigenvalue weighted by Gasteiger charge is 2.27. The Bertz CT molecular complexity index is 1280. The normalized spacial score (nSPS) is 13.1. The van der Waals surface area contributed by atoms with Crippen LogP contribution in [0.2, 0.25) is 0 Å². The Kier molecular flexibility index (Phi) is 8.84. The quantitative estimate of drug-likeness (QED) is 0.384. The summed E-state index contributed by atoms with van der Waals surface area (Å²) in [6.07, 6.45) is -0.0382. The molecule has 186 valence electrons. The molecule has 0 aliphatic rings. The number of anilines is 1. The van der Waals surface area contributed by atoms with Gasteiger partial charge >= 0.3 is 6.09 Å². The van der Waals surface area contributed by atoms with Crippen LogP contribution >= 0.6 is 0 Å². The molecule has 2 amide bonds. The second kappa shape index (κ2) is 11.8. The summed E-state index contributed by atoms with van der Waals surface area (Å²) in [6, 6.07) is 18.4. The van der Waals surface area contributed by atoms with Gasteiger partial charge in [-0.3, -0.25) is 4.79 Å². The molecular formula is C26H31N3O5S. The van der Waals surface area contributed by atoms with Crippen molar-refractivity contribution in [3.05, 3.63) is 72.3 Å². The molecule has 8 nitrogen and oxygen atoms in total. The minimum Gasteiger partial charge on any atom is -0.445 e. The van der Waals surface area contributed by atoms with Crippen molar-refractivity contribution in [2.75, 3.05) is 11.9 Å². The summed E-state index contributed by atoms with van der Waals surface area (Å²) in [4.78, 5) is 25.8. The number of carbonyl (C=O) groups excluding carboxylic acids is 2. The lowest BCUT2D eigenvalue weighted by Crippen LogP contribution is -2.47. The van der Waals surface area contributed by atoms with Crippen LogP contribution in [0.4, 0.5) is 10.5 Å². The van der Waals surface area contributed by atoms with Gasteiger partial charge in [0, 0.05) is 23.0 Å². The third-order valence-electron chi connectivity index (χ3n) is 5.75. The number of hydrogen-bond acceptors (Lipinski definition) is 5. The molecule has 9 heteroatoms. The Balaban J connectivity index is 1.81. The molecule has 35 heavy (non-hydrogen) atoms. The molecule has 0 aromatic heterocycles. The highest BCUT2D eigenvalue weighted by molar-refractivity contribution is 7.89. The number of sulfonamides is 1. The van der Waals surface area contributed by atoms with Crippen LogP contribution in [-0.4, -0.2) is 33.0 Å². The lowest BCUT2D eigenvalue weighted by molar-refractivity contribution is -0.119. The third kappa shape index (κ3) is 6.58. The van der Waals surface area contributed by atoms with Gasteiger partial charge in [-0.05, 0) is 23.6 Å². The van der Waals surface area contributed by atoms with Gasteiger partial charge in [-0.1, -0.05) is 81.8 Å². The van der Waals surface area contributed by atoms with Crippen LogP contribution in [0.1, 0.15) is 32.8 Å². The number of hydrogen-bond donors (Lipinski definition) is 3. The summed E-state index contributed by atoms with van der Waals surface area (Å²) in [7, 11) is -3.70. The highest BCUT2D eigenvalue weighted by Crippen LogP contribution is 2.29. The van der Waals surface area contributed by atoms with Gasteiger partial charge in [-0.15, -0.1) is 0 Å². The van der Waals surface area contributed by atoms with E-state index < -0.39 is 28.1 Å². The van der Waals surface area contributed by atoms with Crippen LogP contribution < -0.4 is 15.4 Å². The van der Waals surface area contributed by atoms with Gasteiger partial charge in [-0.2, -0.15) is 0 Å². The van der Waals surface area contributed by atoms with Gasteiger partial charge in [0.05, 0.1) is 4.90 Å². The lowest BCUT2D eigenvalue weighted by Gasteiger charge is -2.23. The first kappa shape index (κ1) is 26.2. The molecule has 0 saturated carbocycles. The number of fused-ring (bicyclic) bond motifs is 1. The Labute approximate surface area is 206 Å². The molecule has 0 spiro atoms. The first-order valence-corrected chi connectivity index (χ1v) is 13.0. The van der Waals surface area contributed by atoms with E-state index in [0.717, 1.165) is 5.56 Å². The summed E-state index contributed by atoms with van der Waals surface area (Å²) >= 11 is 0. The van der Waals surface area contributed by atoms with E-state index in [2.05, 4.69) is 15.4 Å². The van der Waals surface area contributed by atoms with Gasteiger partial charge < -0.3 is 15.4 Å². The second-order valence-electron chi connectivity index (χ2n) is 8.22. The van der Waals surface area contributed by atoms with Crippen molar-refractivity contribution in [2.24, 2.45) is 5.92 Å². The average Bonchev–Trinajstić information content (AvgIpc) is 2.86. The zero-order chi connectivity index (χ0) is 25.4. The molecular weight excluding hydrogens is 466 g/mol. The standard InChI is InChI=1S/C26H31N3O5S/c1-4-18(3)24(29-26(31)34-17-19-11-7-6-8-12-19)25(30)28-22-15-9-14-21-20(22)13-10-16-23(21)35(32,33)27-5-2/h6-16,18,24,27H,4-5,17H2,1-3H3,(H,28,30)(H,29,31). The van der Waals surface area contributed by atoms with E-state index in [1.807, 2.05) is 44.2 Å². The molecule has 0 heterocycles. The van der Waals surface area contributed by atoms with Crippen molar-refractivity contribution in [3.8, 4) is 0 Å². The van der Waals surface area contributed by atoms with E-state index in [9.17, 15) is 18.0 Å². The molecule has 3 aromatic rings. The van der Waals surface area contributed by atoms with Crippen LogP contribution in [0.15, 0.2) is 71.6 Å². The summed E-state index contributed by atoms with van der Waals surface area (Å²) < 4.78 is 33.1. The SMILES string of the molecule is CCNS(=O)(=O)c1cccc2c(NC(=O)C(NC(=O)OCc3ccccc3)C(C)CC)cccc12. The Morgan fingerprint density at radius 1 is 0.914 bits per heavy atom. The predicted molar refractivity (Wildman–Crippen MR) is 136 cm³/mol. The van der Waals surface area contributed by atoms with Gasteiger partial charge in [-0.25, -0.2) is 17.9 Å². The van der Waals surface area contributed by atoms with Crippen LogP contribution in [-0.2, 0) is 26.2 Å². The number of rotatable bonds is 10. The van der Waals surface area contributed by atoms with Crippen molar-refractivity contribution < 1.29 is 22.7 Å². The van der Waals surface area contributed by atoms with Crippen LogP contribution in [0.3, 0.4) is 0 Å². The van der Waals surface area contributed by atoms with Crippen molar-refractivity contribution in [1.29, 1.82) is 0 Å². The molecule has 3 N–H and O–H groups in total. The van der Waals surface area contributed by atoms with Gasteiger partial charge in [0.2, 0.25) is 15.9 Å². The largest absolute Gasteiger partial charge is 0.445 e. The molecule has 3 rings (SSSR count). The number of ether oxygens (including phenoxy) is 1. The number of amides is 2. The first-order chi connectivity index (χ1) is 16.8. The molecule has 0 fully saturated rings. The molecule has 2 atom stereocenters. The summed E-state index contributed by atoms with van der Waals surface area (Å²) in [5.41, 5.74) is 1.29. The first-order valence-electron chi connectivity index (χ1n) is 11.6. The maximum atomic E-state index is 13.2. The molecule has 2 unspecified atom stereocenters. The van der Waals surface area contributed by atoms with Crippen LogP contribution in [0, 0.1) is 5.92 Å². The lowest BCUT2D eigenvalue weighted by atomic mass is 9.98. The third-order valence-corrected chi connectivity index (χ3v) is 7.35. The van der Waals surface area contributed by atoms with Crippen molar-refractivity contribution in [3.63, 3.8) is 0 Å². The van der Waals surface area contributed by atoms with E-state index in [0.29, 0.717) is 22.9 Å². The maximum absolute atomic E-state index is 13.2. The fourth-order valence-electron chi connectivity index (χ4n) is 3.70. The fourth-order valence-corrected chi connectivity index (χ4v) is 4.96. The van der Waals surface area contributed by atoms with Crippen molar-refractivity contribution in [1.82, 2.24) is 10.0 Å². The summed E-state index contributed by atoms with van der Waals surface area (Å²) in [5, 5.41) is 6.61. The number of alkyl carbamates (subject to hydrolysis) is 1. The van der Waals surface area contributed by atoms with E-state index >= 15 is 0 Å². The molecule has 0 bridgehead atoms. The Morgan fingerprint density at radius 3 is 2.29 bits per heavy atom. The maximum Gasteiger partial charge on any atom is 0.408 e. The molecule has 3 aromatic carbocycles. The number of nitrogens with one attached hydrogen (secondary N) is 3. The summed E-state index contributed by atoms with van der Waals surface area (Å²) in [6.45, 7) is 5.86. The van der Waals surface area contributed by atoms with Gasteiger partial charge in [0.1, 0.15) is 12.6 Å². The van der Waals surface area contributed by atoms with Crippen molar-refractivity contribution in [2.45, 2.75) is 44.7 Å². The smallest absolute Gasteiger partial charge is 0.408 e. The molecule has 0 radical (unpaired) electrons. The highest BCUT2D eigenvalue weighted by atomic mass is 32.2. The minimum absolute atomic E-state index is 0.0912. The predicted octanol–water partition coefficient (Wildman–Crippen LogP) is 4.42. The number of benzene rings is 3. The Morgan fingerprint density at radius 2 is 1.60 bits per heavy atom. The zero-order valence-corrected chi connectivity index (χ0v) is 20.9. The van der Waals surface area contributed by atoms with E-state index in [1.54, 1.807) is 37.3 Å². The topological polar surface area (TPSA) is 114 Å².